The topological polar surface area (TPSA) is 70.7 Å². The van der Waals surface area contributed by atoms with E-state index in [2.05, 4.69) is 16.5 Å². The van der Waals surface area contributed by atoms with Gasteiger partial charge in [-0.2, -0.15) is 10.4 Å². The molecule has 2 heterocycles. The van der Waals surface area contributed by atoms with Crippen molar-refractivity contribution in [2.24, 2.45) is 7.05 Å². The van der Waals surface area contributed by atoms with Crippen molar-refractivity contribution in [1.82, 2.24) is 9.78 Å². The molecule has 0 saturated carbocycles. The van der Waals surface area contributed by atoms with Crippen LogP contribution in [0.5, 0.6) is 0 Å². The Labute approximate surface area is 137 Å². The van der Waals surface area contributed by atoms with Gasteiger partial charge in [0.25, 0.3) is 5.91 Å². The number of nitriles is 1. The second-order valence-electron chi connectivity index (χ2n) is 5.30. The zero-order valence-electron chi connectivity index (χ0n) is 12.1. The lowest BCUT2D eigenvalue weighted by molar-refractivity contribution is 0.101. The zero-order chi connectivity index (χ0) is 15.7. The maximum absolute atomic E-state index is 12.4. The number of nitrogens with one attached hydrogen (secondary N) is 1. The molecule has 2 aromatic heterocycles. The number of halogens is 1. The molecule has 1 aliphatic carbocycles. The second-order valence-corrected chi connectivity index (χ2v) is 6.81. The third kappa shape index (κ3) is 2.62. The van der Waals surface area contributed by atoms with E-state index in [0.717, 1.165) is 31.2 Å². The number of aromatic nitrogens is 2. The number of carbonyl (C=O) groups excluding carboxylic acids is 1. The summed E-state index contributed by atoms with van der Waals surface area (Å²) in [5.74, 6) is -0.335. The Morgan fingerprint density at radius 1 is 1.45 bits per heavy atom. The molecule has 5 nitrogen and oxygen atoms in total. The van der Waals surface area contributed by atoms with Gasteiger partial charge in [0.2, 0.25) is 0 Å². The van der Waals surface area contributed by atoms with Crippen LogP contribution in [-0.2, 0) is 19.9 Å². The molecular formula is C15H15ClN4OS. The summed E-state index contributed by atoms with van der Waals surface area (Å²) in [6.45, 7) is 0. The highest BCUT2D eigenvalue weighted by Gasteiger charge is 2.23. The quantitative estimate of drug-likeness (QED) is 0.854. The Kier molecular flexibility index (Phi) is 4.19. The number of amides is 1. The van der Waals surface area contributed by atoms with Crippen molar-refractivity contribution < 1.29 is 4.79 Å². The summed E-state index contributed by atoms with van der Waals surface area (Å²) >= 11 is 7.51. The molecule has 0 unspecified atom stereocenters. The zero-order valence-corrected chi connectivity index (χ0v) is 13.7. The van der Waals surface area contributed by atoms with Crippen molar-refractivity contribution in [3.63, 3.8) is 0 Å². The Morgan fingerprint density at radius 2 is 2.23 bits per heavy atom. The molecule has 0 fully saturated rings. The van der Waals surface area contributed by atoms with Crippen molar-refractivity contribution in [1.29, 1.82) is 5.26 Å². The summed E-state index contributed by atoms with van der Waals surface area (Å²) in [6.07, 6.45) is 6.76. The van der Waals surface area contributed by atoms with E-state index in [4.69, 9.17) is 11.6 Å². The van der Waals surface area contributed by atoms with Crippen LogP contribution in [0.4, 0.5) is 5.00 Å². The molecule has 3 rings (SSSR count). The minimum Gasteiger partial charge on any atom is -0.311 e. The highest BCUT2D eigenvalue weighted by molar-refractivity contribution is 7.16. The van der Waals surface area contributed by atoms with Gasteiger partial charge in [-0.05, 0) is 31.2 Å². The van der Waals surface area contributed by atoms with Crippen LogP contribution in [0.3, 0.4) is 0 Å². The van der Waals surface area contributed by atoms with E-state index in [9.17, 15) is 10.1 Å². The second kappa shape index (κ2) is 6.11. The molecule has 0 radical (unpaired) electrons. The molecule has 114 valence electrons. The number of aryl methyl sites for hydroxylation is 2. The lowest BCUT2D eigenvalue weighted by atomic mass is 10.1. The Hall–Kier alpha value is -1.84. The van der Waals surface area contributed by atoms with Crippen LogP contribution in [0.1, 0.15) is 45.8 Å². The third-order valence-electron chi connectivity index (χ3n) is 3.87. The molecule has 1 aliphatic rings. The number of anilines is 1. The standard InChI is InChI=1S/C15H15ClN4OS/c1-20-13(11(16)8-18-20)14(21)19-15-10(7-17)9-5-3-2-4-6-12(9)22-15/h8H,2-6H2,1H3,(H,19,21). The van der Waals surface area contributed by atoms with Crippen molar-refractivity contribution >= 4 is 33.8 Å². The summed E-state index contributed by atoms with van der Waals surface area (Å²) in [4.78, 5) is 13.6. The largest absolute Gasteiger partial charge is 0.311 e. The van der Waals surface area contributed by atoms with Gasteiger partial charge < -0.3 is 5.32 Å². The monoisotopic (exact) mass is 334 g/mol. The van der Waals surface area contributed by atoms with E-state index in [0.29, 0.717) is 21.3 Å². The van der Waals surface area contributed by atoms with Crippen molar-refractivity contribution in [3.8, 4) is 6.07 Å². The number of fused-ring (bicyclic) bond motifs is 1. The predicted octanol–water partition coefficient (Wildman–Crippen LogP) is 3.53. The van der Waals surface area contributed by atoms with Gasteiger partial charge in [-0.1, -0.05) is 18.0 Å². The molecule has 0 bridgehead atoms. The van der Waals surface area contributed by atoms with Crippen LogP contribution in [0.25, 0.3) is 0 Å². The Balaban J connectivity index is 1.93. The van der Waals surface area contributed by atoms with E-state index in [1.807, 2.05) is 0 Å². The highest BCUT2D eigenvalue weighted by atomic mass is 35.5. The SMILES string of the molecule is Cn1ncc(Cl)c1C(=O)Nc1sc2c(c1C#N)CCCCC2. The maximum atomic E-state index is 12.4. The normalized spacial score (nSPS) is 14.0. The molecular weight excluding hydrogens is 320 g/mol. The fourth-order valence-electron chi connectivity index (χ4n) is 2.78. The predicted molar refractivity (Wildman–Crippen MR) is 86.5 cm³/mol. The fourth-order valence-corrected chi connectivity index (χ4v) is 4.26. The lowest BCUT2D eigenvalue weighted by Gasteiger charge is -2.05. The number of hydrogen-bond acceptors (Lipinski definition) is 4. The lowest BCUT2D eigenvalue weighted by Crippen LogP contribution is -2.16. The summed E-state index contributed by atoms with van der Waals surface area (Å²) in [6, 6.07) is 2.25. The smallest absolute Gasteiger partial charge is 0.276 e. The van der Waals surface area contributed by atoms with Gasteiger partial charge in [-0.3, -0.25) is 9.48 Å². The molecule has 0 aliphatic heterocycles. The Bertz CT molecular complexity index is 752. The first kappa shape index (κ1) is 15.1. The van der Waals surface area contributed by atoms with Gasteiger partial charge in [0.1, 0.15) is 16.8 Å². The molecule has 0 aromatic carbocycles. The van der Waals surface area contributed by atoms with Gasteiger partial charge in [-0.15, -0.1) is 11.3 Å². The molecule has 0 atom stereocenters. The number of hydrogen-bond donors (Lipinski definition) is 1. The molecule has 1 N–H and O–H groups in total. The van der Waals surface area contributed by atoms with Crippen molar-refractivity contribution in [2.45, 2.75) is 32.1 Å². The number of thiophene rings is 1. The fraction of sp³-hybridized carbons (Fsp3) is 0.400. The molecule has 0 spiro atoms. The van der Waals surface area contributed by atoms with Crippen LogP contribution in [-0.4, -0.2) is 15.7 Å². The van der Waals surface area contributed by atoms with Crippen molar-refractivity contribution in [3.05, 3.63) is 32.9 Å². The summed E-state index contributed by atoms with van der Waals surface area (Å²) in [5.41, 5.74) is 2.01. The Morgan fingerprint density at radius 3 is 2.91 bits per heavy atom. The van der Waals surface area contributed by atoms with Gasteiger partial charge in [0.15, 0.2) is 0 Å². The van der Waals surface area contributed by atoms with Gasteiger partial charge >= 0.3 is 0 Å². The number of nitrogens with zero attached hydrogens (tertiary/aromatic N) is 3. The first-order valence-electron chi connectivity index (χ1n) is 7.15. The van der Waals surface area contributed by atoms with E-state index in [-0.39, 0.29) is 5.91 Å². The average Bonchev–Trinajstić information content (AvgIpc) is 2.89. The average molecular weight is 335 g/mol. The first-order valence-corrected chi connectivity index (χ1v) is 8.34. The number of carbonyl (C=O) groups is 1. The highest BCUT2D eigenvalue weighted by Crippen LogP contribution is 2.37. The maximum Gasteiger partial charge on any atom is 0.276 e. The van der Waals surface area contributed by atoms with Gasteiger partial charge in [-0.25, -0.2) is 0 Å². The van der Waals surface area contributed by atoms with Crippen LogP contribution in [0.15, 0.2) is 6.20 Å². The van der Waals surface area contributed by atoms with E-state index < -0.39 is 0 Å². The molecule has 0 saturated heterocycles. The minimum absolute atomic E-state index is 0.300. The van der Waals surface area contributed by atoms with Crippen LogP contribution >= 0.6 is 22.9 Å². The van der Waals surface area contributed by atoms with Crippen LogP contribution in [0, 0.1) is 11.3 Å². The van der Waals surface area contributed by atoms with Gasteiger partial charge in [0.05, 0.1) is 16.8 Å². The van der Waals surface area contributed by atoms with E-state index >= 15 is 0 Å². The summed E-state index contributed by atoms with van der Waals surface area (Å²) in [7, 11) is 1.66. The first-order chi connectivity index (χ1) is 10.6. The van der Waals surface area contributed by atoms with E-state index in [1.165, 1.54) is 33.5 Å². The van der Waals surface area contributed by atoms with Crippen molar-refractivity contribution in [2.75, 3.05) is 5.32 Å². The van der Waals surface area contributed by atoms with Crippen LogP contribution < -0.4 is 5.32 Å². The third-order valence-corrected chi connectivity index (χ3v) is 5.35. The summed E-state index contributed by atoms with van der Waals surface area (Å²) in [5, 5.41) is 17.2. The number of rotatable bonds is 2. The molecule has 22 heavy (non-hydrogen) atoms. The van der Waals surface area contributed by atoms with Crippen LogP contribution in [0.2, 0.25) is 5.02 Å². The molecule has 1 amide bonds. The molecule has 2 aromatic rings. The van der Waals surface area contributed by atoms with E-state index in [1.54, 1.807) is 7.05 Å². The van der Waals surface area contributed by atoms with Gasteiger partial charge in [0, 0.05) is 11.9 Å². The summed E-state index contributed by atoms with van der Waals surface area (Å²) < 4.78 is 1.43. The molecule has 7 heteroatoms. The minimum atomic E-state index is -0.335.